The molecule has 7 N–H and O–H groups in total. The maximum absolute atomic E-state index is 15.3. The number of aryl methyl sites for hydroxylation is 1. The first kappa shape index (κ1) is 55.5. The molecule has 2 saturated carbocycles. The predicted molar refractivity (Wildman–Crippen MR) is 322 cm³/mol. The second-order valence-corrected chi connectivity index (χ2v) is 26.9. The first-order valence-corrected chi connectivity index (χ1v) is 31.8. The topological polar surface area (TPSA) is 156 Å². The third kappa shape index (κ3) is 12.3. The van der Waals surface area contributed by atoms with Crippen LogP contribution >= 0.6 is 21.6 Å². The molecule has 3 aliphatic carbocycles. The number of anilines is 1. The van der Waals surface area contributed by atoms with Crippen LogP contribution in [0.2, 0.25) is 0 Å². The number of methoxy groups -OCH3 is 1. The number of phenolic OH excluding ortho intramolecular Hbond substituents is 1. The zero-order valence-corrected chi connectivity index (χ0v) is 48.0. The highest BCUT2D eigenvalue weighted by molar-refractivity contribution is 8.76. The lowest BCUT2D eigenvalue weighted by Crippen LogP contribution is -2.50. The van der Waals surface area contributed by atoms with Gasteiger partial charge in [0.15, 0.2) is 11.5 Å². The largest absolute Gasteiger partial charge is 0.504 e. The smallest absolute Gasteiger partial charge is 0.160 e. The Morgan fingerprint density at radius 3 is 2.61 bits per heavy atom. The van der Waals surface area contributed by atoms with E-state index in [4.69, 9.17) is 4.74 Å². The van der Waals surface area contributed by atoms with Gasteiger partial charge in [-0.2, -0.15) is 0 Å². The SMILES string of the molecule is CCCC1C2CC(CC3=CCNC(=C3)Nc3ccc4ccc(cc4c3)CC(O)CNCC3(C)CSSCC4CCCC(C4)(c4cc3c[nH]4)C1O)CC1C#CC(c3ccccc3)c3cc(O)c(OC)cc3CCC(=O)CC(=O)C1C2. The van der Waals surface area contributed by atoms with E-state index in [1.54, 1.807) is 6.07 Å². The van der Waals surface area contributed by atoms with Crippen LogP contribution in [0.15, 0.2) is 115 Å². The number of allylic oxidation sites excluding steroid dienone is 2. The van der Waals surface area contributed by atoms with Crippen molar-refractivity contribution < 1.29 is 29.6 Å². The number of benzene rings is 4. The Hall–Kier alpha value is -5.42. The number of dihydropyridines is 1. The van der Waals surface area contributed by atoms with E-state index in [0.717, 1.165) is 113 Å². The number of Topliss-reactive ketones (excluding diaryl/α,β-unsaturated/α-hetero) is 2. The summed E-state index contributed by atoms with van der Waals surface area (Å²) < 4.78 is 5.59. The van der Waals surface area contributed by atoms with Crippen molar-refractivity contribution in [1.29, 1.82) is 0 Å². The maximum atomic E-state index is 15.3. The van der Waals surface area contributed by atoms with Crippen molar-refractivity contribution in [1.82, 2.24) is 15.6 Å². The molecule has 4 aromatic carbocycles. The molecule has 0 radical (unpaired) electrons. The Morgan fingerprint density at radius 2 is 1.76 bits per heavy atom. The number of ketones is 2. The monoisotopic (exact) mass is 1100 g/mol. The Bertz CT molecular complexity index is 3140. The van der Waals surface area contributed by atoms with Gasteiger partial charge >= 0.3 is 0 Å². The van der Waals surface area contributed by atoms with Crippen LogP contribution in [0.25, 0.3) is 10.8 Å². The number of aromatic hydroxyl groups is 1. The lowest BCUT2D eigenvalue weighted by molar-refractivity contribution is -0.130. The number of aromatic nitrogens is 1. The molecule has 12 heteroatoms. The number of hydrogen-bond donors (Lipinski definition) is 7. The Labute approximate surface area is 475 Å². The summed E-state index contributed by atoms with van der Waals surface area (Å²) in [6.45, 7) is 6.40. The van der Waals surface area contributed by atoms with E-state index in [1.165, 1.54) is 18.2 Å². The van der Waals surface area contributed by atoms with Gasteiger partial charge in [0.2, 0.25) is 0 Å². The molecule has 1 aromatic heterocycles. The Kier molecular flexibility index (Phi) is 17.1. The molecule has 3 aliphatic heterocycles. The standard InChI is InChI=1S/C67H80N4O6S2/c1-4-9-57-51-27-45(26-48-17-20-56(47-11-6-5-7-12-47)58-35-61(75)62(77-3)32-49(58)16-19-54(72)34-60(74)59(48)31-51)24-43-21-23-69-64(29-43)71-53-18-15-46-14-13-42(25-50(46)30-53)28-55(73)38-68-40-66(2)41-79-78-39-44-10-8-22-67(36-44,65(57)76)63-33-52(66)37-70-63/h5-7,11-15,18,21,25,29-30,32-33,35,37,44-45,48,51,55-57,59,65,68-71,73,75-76H,4,8-10,16,19,22-24,26-28,31,34,36,38-41H2,1-3H3. The van der Waals surface area contributed by atoms with Crippen LogP contribution in [-0.4, -0.2) is 82.3 Å². The predicted octanol–water partition coefficient (Wildman–Crippen LogP) is 12.1. The zero-order valence-electron chi connectivity index (χ0n) is 46.3. The number of aliphatic hydroxyl groups excluding tert-OH is 2. The van der Waals surface area contributed by atoms with Crippen LogP contribution in [-0.2, 0) is 33.3 Å². The van der Waals surface area contributed by atoms with Crippen LogP contribution in [0.1, 0.15) is 130 Å². The van der Waals surface area contributed by atoms with Gasteiger partial charge in [0, 0.05) is 77.8 Å². The van der Waals surface area contributed by atoms with Crippen LogP contribution in [0, 0.1) is 47.3 Å². The van der Waals surface area contributed by atoms with Crippen molar-refractivity contribution in [3.05, 3.63) is 148 Å². The second kappa shape index (κ2) is 24.4. The number of ether oxygens (including phenoxy) is 1. The van der Waals surface area contributed by atoms with Gasteiger partial charge in [0.25, 0.3) is 0 Å². The number of H-pyrrole nitrogens is 1. The number of β-amino-alcohol motifs (C(OH)–C–C–N with tert-alkyl or cyclic N) is 1. The highest BCUT2D eigenvalue weighted by Gasteiger charge is 2.51. The molecule has 11 unspecified atom stereocenters. The molecule has 4 heterocycles. The normalized spacial score (nSPS) is 30.9. The second-order valence-electron chi connectivity index (χ2n) is 24.4. The molecule has 11 atom stereocenters. The fourth-order valence-electron chi connectivity index (χ4n) is 14.7. The van der Waals surface area contributed by atoms with E-state index >= 15 is 4.79 Å². The zero-order chi connectivity index (χ0) is 54.7. The van der Waals surface area contributed by atoms with Crippen LogP contribution in [0.4, 0.5) is 5.69 Å². The van der Waals surface area contributed by atoms with Gasteiger partial charge < -0.3 is 41.0 Å². The van der Waals surface area contributed by atoms with Gasteiger partial charge in [-0.05, 0) is 168 Å². The van der Waals surface area contributed by atoms with E-state index < -0.39 is 29.5 Å². The Balaban J connectivity index is 1.04. The molecule has 416 valence electrons. The summed E-state index contributed by atoms with van der Waals surface area (Å²) in [6.07, 6.45) is 14.9. The molecular weight excluding hydrogens is 1020 g/mol. The van der Waals surface area contributed by atoms with Gasteiger partial charge in [0.05, 0.1) is 31.7 Å². The molecule has 6 aliphatic rings. The van der Waals surface area contributed by atoms with Gasteiger partial charge in [-0.25, -0.2) is 0 Å². The number of rotatable bonds is 4. The molecule has 2 fully saturated rings. The highest BCUT2D eigenvalue weighted by atomic mass is 33.1. The number of carbonyl (C=O) groups excluding carboxylic acids is 2. The quantitative estimate of drug-likeness (QED) is 0.0522. The average molecular weight is 1100 g/mol. The van der Waals surface area contributed by atoms with E-state index in [0.29, 0.717) is 57.0 Å². The molecule has 5 aromatic rings. The lowest BCUT2D eigenvalue weighted by atomic mass is 9.59. The summed E-state index contributed by atoms with van der Waals surface area (Å²) in [7, 11) is 5.46. The minimum Gasteiger partial charge on any atom is -0.504 e. The van der Waals surface area contributed by atoms with Gasteiger partial charge in [-0.1, -0.05) is 121 Å². The van der Waals surface area contributed by atoms with Gasteiger partial charge in [-0.3, -0.25) is 9.59 Å². The van der Waals surface area contributed by atoms with Crippen molar-refractivity contribution in [3.63, 3.8) is 0 Å². The molecule has 11 rings (SSSR count). The molecule has 0 saturated heterocycles. The van der Waals surface area contributed by atoms with Crippen molar-refractivity contribution in [2.24, 2.45) is 35.5 Å². The third-order valence-corrected chi connectivity index (χ3v) is 21.6. The van der Waals surface area contributed by atoms with Crippen molar-refractivity contribution in [3.8, 4) is 23.3 Å². The highest BCUT2D eigenvalue weighted by Crippen LogP contribution is 2.53. The molecule has 12 bridgehead atoms. The third-order valence-electron chi connectivity index (χ3n) is 18.9. The summed E-state index contributed by atoms with van der Waals surface area (Å²) in [5, 5.41) is 50.0. The summed E-state index contributed by atoms with van der Waals surface area (Å²) in [6, 6.07) is 29.1. The maximum Gasteiger partial charge on any atom is 0.160 e. The minimum absolute atomic E-state index is 0.0205. The number of phenols is 1. The van der Waals surface area contributed by atoms with Crippen molar-refractivity contribution in [2.75, 3.05) is 43.6 Å². The molecule has 0 amide bonds. The minimum atomic E-state index is -0.682. The van der Waals surface area contributed by atoms with E-state index in [1.807, 2.05) is 45.9 Å². The van der Waals surface area contributed by atoms with Crippen LogP contribution in [0.5, 0.6) is 11.5 Å². The van der Waals surface area contributed by atoms with Gasteiger partial charge in [0.1, 0.15) is 17.4 Å². The Morgan fingerprint density at radius 1 is 0.899 bits per heavy atom. The first-order valence-electron chi connectivity index (χ1n) is 29.3. The number of aliphatic hydroxyl groups is 2. The number of carbonyl (C=O) groups is 2. The fourth-order valence-corrected chi connectivity index (χ4v) is 17.8. The summed E-state index contributed by atoms with van der Waals surface area (Å²) >= 11 is 0. The summed E-state index contributed by atoms with van der Waals surface area (Å²) in [4.78, 5) is 33.4. The molecular formula is C67H80N4O6S2. The number of nitrogens with one attached hydrogen (secondary N) is 4. The number of hydrogen-bond acceptors (Lipinski definition) is 11. The summed E-state index contributed by atoms with van der Waals surface area (Å²) in [5.74, 6) is 9.81. The fraction of sp³-hybridized carbons (Fsp3) is 0.493. The molecule has 1 spiro atoms. The molecule has 79 heavy (non-hydrogen) atoms. The lowest BCUT2D eigenvalue weighted by Gasteiger charge is -2.48. The van der Waals surface area contributed by atoms with Crippen LogP contribution in [0.3, 0.4) is 0 Å². The number of fused-ring (bicyclic) bond motifs is 8. The average Bonchev–Trinajstić information content (AvgIpc) is 4.16. The van der Waals surface area contributed by atoms with E-state index in [9.17, 15) is 20.1 Å². The van der Waals surface area contributed by atoms with Gasteiger partial charge in [-0.15, -0.1) is 0 Å². The van der Waals surface area contributed by atoms with Crippen molar-refractivity contribution in [2.45, 2.75) is 133 Å². The first-order chi connectivity index (χ1) is 38.4. The van der Waals surface area contributed by atoms with E-state index in [2.05, 4.69) is 120 Å². The van der Waals surface area contributed by atoms with E-state index in [-0.39, 0.29) is 59.2 Å². The summed E-state index contributed by atoms with van der Waals surface area (Å²) in [5.41, 5.74) is 7.53. The number of aromatic amines is 1. The van der Waals surface area contributed by atoms with Crippen LogP contribution < -0.4 is 20.7 Å². The molecule has 10 nitrogen and oxygen atoms in total. The van der Waals surface area contributed by atoms with Crippen molar-refractivity contribution >= 4 is 49.6 Å².